The molecule has 1 heterocycles. The Morgan fingerprint density at radius 3 is 2.58 bits per heavy atom. The van der Waals surface area contributed by atoms with Gasteiger partial charge in [0, 0.05) is 11.3 Å². The van der Waals surface area contributed by atoms with E-state index in [0.29, 0.717) is 24.5 Å². The van der Waals surface area contributed by atoms with Crippen molar-refractivity contribution in [1.82, 2.24) is 0 Å². The van der Waals surface area contributed by atoms with Gasteiger partial charge in [0.1, 0.15) is 18.4 Å². The maximum Gasteiger partial charge on any atom is 0.246 e. The van der Waals surface area contributed by atoms with Crippen molar-refractivity contribution in [2.75, 3.05) is 23.4 Å². The normalized spacial score (nSPS) is 14.2. The van der Waals surface area contributed by atoms with Crippen molar-refractivity contribution in [1.29, 1.82) is 0 Å². The van der Waals surface area contributed by atoms with E-state index in [4.69, 9.17) is 4.74 Å². The summed E-state index contributed by atoms with van der Waals surface area (Å²) in [4.78, 5) is 26.4. The molecule has 0 aliphatic carbocycles. The fourth-order valence-electron chi connectivity index (χ4n) is 3.07. The Bertz CT molecular complexity index is 815. The van der Waals surface area contributed by atoms with Crippen molar-refractivity contribution in [3.05, 3.63) is 53.6 Å². The molecule has 1 unspecified atom stereocenters. The summed E-state index contributed by atoms with van der Waals surface area (Å²) in [7, 11) is 0. The Morgan fingerprint density at radius 1 is 1.19 bits per heavy atom. The van der Waals surface area contributed by atoms with Crippen LogP contribution in [0.15, 0.2) is 42.5 Å². The summed E-state index contributed by atoms with van der Waals surface area (Å²) in [5.41, 5.74) is 3.41. The standard InChI is InChI=1S/C21H24N2O3/c1-4-16-5-8-18(9-6-16)22-21(25)14(2)23-11-12-26-20-10-7-17(15(3)24)13-19(20)23/h5-10,13-14H,4,11-12H2,1-3H3,(H,22,25). The number of benzene rings is 2. The number of anilines is 2. The predicted molar refractivity (Wildman–Crippen MR) is 103 cm³/mol. The molecule has 26 heavy (non-hydrogen) atoms. The molecule has 0 saturated heterocycles. The summed E-state index contributed by atoms with van der Waals surface area (Å²) >= 11 is 0. The van der Waals surface area contributed by atoms with Crippen LogP contribution in [0.2, 0.25) is 0 Å². The van der Waals surface area contributed by atoms with Crippen LogP contribution in [0.3, 0.4) is 0 Å². The molecule has 1 aliphatic heterocycles. The lowest BCUT2D eigenvalue weighted by molar-refractivity contribution is -0.117. The second kappa shape index (κ2) is 7.60. The highest BCUT2D eigenvalue weighted by molar-refractivity contribution is 5.98. The van der Waals surface area contributed by atoms with Gasteiger partial charge < -0.3 is 15.0 Å². The maximum absolute atomic E-state index is 12.7. The van der Waals surface area contributed by atoms with Crippen LogP contribution in [-0.2, 0) is 11.2 Å². The van der Waals surface area contributed by atoms with Crippen LogP contribution in [0.25, 0.3) is 0 Å². The average molecular weight is 352 g/mol. The summed E-state index contributed by atoms with van der Waals surface area (Å²) in [6.07, 6.45) is 0.966. The van der Waals surface area contributed by atoms with Crippen LogP contribution >= 0.6 is 0 Å². The Hall–Kier alpha value is -2.82. The molecule has 1 atom stereocenters. The van der Waals surface area contributed by atoms with Gasteiger partial charge in [0.05, 0.1) is 12.2 Å². The minimum Gasteiger partial charge on any atom is -0.490 e. The van der Waals surface area contributed by atoms with E-state index < -0.39 is 0 Å². The summed E-state index contributed by atoms with van der Waals surface area (Å²) in [6.45, 7) is 6.60. The number of nitrogens with zero attached hydrogens (tertiary/aromatic N) is 1. The van der Waals surface area contributed by atoms with E-state index in [2.05, 4.69) is 12.2 Å². The Balaban J connectivity index is 1.79. The fraction of sp³-hybridized carbons (Fsp3) is 0.333. The number of ether oxygens (including phenoxy) is 1. The quantitative estimate of drug-likeness (QED) is 0.834. The Morgan fingerprint density at radius 2 is 1.92 bits per heavy atom. The lowest BCUT2D eigenvalue weighted by Crippen LogP contribution is -2.46. The largest absolute Gasteiger partial charge is 0.490 e. The van der Waals surface area contributed by atoms with Gasteiger partial charge in [-0.1, -0.05) is 19.1 Å². The molecular weight excluding hydrogens is 328 g/mol. The highest BCUT2D eigenvalue weighted by Gasteiger charge is 2.27. The number of nitrogens with one attached hydrogen (secondary N) is 1. The summed E-state index contributed by atoms with van der Waals surface area (Å²) in [6, 6.07) is 12.8. The van der Waals surface area contributed by atoms with E-state index in [1.54, 1.807) is 18.2 Å². The van der Waals surface area contributed by atoms with E-state index in [0.717, 1.165) is 17.8 Å². The fourth-order valence-corrected chi connectivity index (χ4v) is 3.07. The molecule has 0 aromatic heterocycles. The third kappa shape index (κ3) is 3.72. The first kappa shape index (κ1) is 18.0. The van der Waals surface area contributed by atoms with Crippen molar-refractivity contribution in [3.63, 3.8) is 0 Å². The van der Waals surface area contributed by atoms with Gasteiger partial charge in [0.15, 0.2) is 5.78 Å². The van der Waals surface area contributed by atoms with Crippen LogP contribution in [0, 0.1) is 0 Å². The smallest absolute Gasteiger partial charge is 0.246 e. The molecule has 2 aromatic rings. The van der Waals surface area contributed by atoms with Crippen molar-refractivity contribution in [3.8, 4) is 5.75 Å². The second-order valence-corrected chi connectivity index (χ2v) is 6.50. The Labute approximate surface area is 154 Å². The molecule has 0 bridgehead atoms. The number of fused-ring (bicyclic) bond motifs is 1. The summed E-state index contributed by atoms with van der Waals surface area (Å²) in [5, 5.41) is 2.97. The molecule has 5 nitrogen and oxygen atoms in total. The number of carbonyl (C=O) groups excluding carboxylic acids is 2. The van der Waals surface area contributed by atoms with Gasteiger partial charge in [0.25, 0.3) is 0 Å². The number of Topliss-reactive ketones (excluding diaryl/α,β-unsaturated/α-hetero) is 1. The Kier molecular flexibility index (Phi) is 5.26. The molecule has 5 heteroatoms. The molecule has 0 saturated carbocycles. The van der Waals surface area contributed by atoms with E-state index in [1.165, 1.54) is 12.5 Å². The minimum absolute atomic E-state index is 0.00792. The first-order chi connectivity index (χ1) is 12.5. The van der Waals surface area contributed by atoms with Gasteiger partial charge in [-0.25, -0.2) is 0 Å². The third-order valence-electron chi connectivity index (χ3n) is 4.74. The highest BCUT2D eigenvalue weighted by Crippen LogP contribution is 2.34. The summed E-state index contributed by atoms with van der Waals surface area (Å²) in [5.74, 6) is 0.606. The molecule has 1 aliphatic rings. The molecule has 2 aromatic carbocycles. The number of aryl methyl sites for hydroxylation is 1. The zero-order valence-corrected chi connectivity index (χ0v) is 15.4. The molecule has 0 radical (unpaired) electrons. The topological polar surface area (TPSA) is 58.6 Å². The number of ketones is 1. The zero-order chi connectivity index (χ0) is 18.7. The number of amides is 1. The molecule has 136 valence electrons. The molecular formula is C21H24N2O3. The summed E-state index contributed by atoms with van der Waals surface area (Å²) < 4.78 is 5.68. The second-order valence-electron chi connectivity index (χ2n) is 6.50. The lowest BCUT2D eigenvalue weighted by Gasteiger charge is -2.35. The van der Waals surface area contributed by atoms with Crippen molar-refractivity contribution >= 4 is 23.1 Å². The lowest BCUT2D eigenvalue weighted by atomic mass is 10.1. The van der Waals surface area contributed by atoms with E-state index in [9.17, 15) is 9.59 Å². The van der Waals surface area contributed by atoms with Gasteiger partial charge in [-0.05, 0) is 56.2 Å². The number of rotatable bonds is 5. The first-order valence-corrected chi connectivity index (χ1v) is 8.94. The number of hydrogen-bond acceptors (Lipinski definition) is 4. The van der Waals surface area contributed by atoms with Gasteiger partial charge in [-0.3, -0.25) is 9.59 Å². The number of carbonyl (C=O) groups is 2. The van der Waals surface area contributed by atoms with Crippen LogP contribution in [0.1, 0.15) is 36.7 Å². The van der Waals surface area contributed by atoms with Crippen LogP contribution in [0.5, 0.6) is 5.75 Å². The molecule has 0 fully saturated rings. The van der Waals surface area contributed by atoms with Gasteiger partial charge >= 0.3 is 0 Å². The molecule has 1 N–H and O–H groups in total. The van der Waals surface area contributed by atoms with Gasteiger partial charge in [-0.15, -0.1) is 0 Å². The average Bonchev–Trinajstić information content (AvgIpc) is 2.67. The SMILES string of the molecule is CCc1ccc(NC(=O)C(C)N2CCOc3ccc(C(C)=O)cc32)cc1. The first-order valence-electron chi connectivity index (χ1n) is 8.94. The maximum atomic E-state index is 12.7. The van der Waals surface area contributed by atoms with Crippen molar-refractivity contribution < 1.29 is 14.3 Å². The minimum atomic E-state index is -0.384. The highest BCUT2D eigenvalue weighted by atomic mass is 16.5. The van der Waals surface area contributed by atoms with E-state index in [1.807, 2.05) is 36.1 Å². The van der Waals surface area contributed by atoms with Gasteiger partial charge in [0.2, 0.25) is 5.91 Å². The van der Waals surface area contributed by atoms with Crippen molar-refractivity contribution in [2.24, 2.45) is 0 Å². The monoisotopic (exact) mass is 352 g/mol. The number of hydrogen-bond donors (Lipinski definition) is 1. The molecule has 3 rings (SSSR count). The molecule has 1 amide bonds. The molecule has 0 spiro atoms. The predicted octanol–water partition coefficient (Wildman–Crippen LogP) is 3.68. The zero-order valence-electron chi connectivity index (χ0n) is 15.4. The van der Waals surface area contributed by atoms with E-state index in [-0.39, 0.29) is 17.7 Å². The van der Waals surface area contributed by atoms with Crippen LogP contribution in [-0.4, -0.2) is 30.9 Å². The third-order valence-corrected chi connectivity index (χ3v) is 4.74. The van der Waals surface area contributed by atoms with Crippen LogP contribution < -0.4 is 15.0 Å². The van der Waals surface area contributed by atoms with Crippen molar-refractivity contribution in [2.45, 2.75) is 33.2 Å². The van der Waals surface area contributed by atoms with E-state index >= 15 is 0 Å². The van der Waals surface area contributed by atoms with Gasteiger partial charge in [-0.2, -0.15) is 0 Å². The van der Waals surface area contributed by atoms with Crippen LogP contribution in [0.4, 0.5) is 11.4 Å².